The maximum Gasteiger partial charge on any atom is 0.105 e. The molecule has 2 aromatic carbocycles. The lowest BCUT2D eigenvalue weighted by atomic mass is 10.0. The molecule has 1 N–H and O–H groups in total. The van der Waals surface area contributed by atoms with Gasteiger partial charge >= 0.3 is 0 Å². The van der Waals surface area contributed by atoms with Crippen molar-refractivity contribution in [3.63, 3.8) is 0 Å². The SMILES string of the molecule is Cc1ccc(S(=O)c2cnccc2[C@H](O)c2ccccc2)cc1. The first-order valence-corrected chi connectivity index (χ1v) is 8.47. The number of rotatable bonds is 4. The average molecular weight is 323 g/mol. The van der Waals surface area contributed by atoms with Gasteiger partial charge in [0.15, 0.2) is 0 Å². The summed E-state index contributed by atoms with van der Waals surface area (Å²) in [4.78, 5) is 5.32. The molecule has 4 heteroatoms. The van der Waals surface area contributed by atoms with E-state index in [9.17, 15) is 9.32 Å². The Labute approximate surface area is 138 Å². The van der Waals surface area contributed by atoms with Gasteiger partial charge in [-0.15, -0.1) is 0 Å². The number of nitrogens with zero attached hydrogens (tertiary/aromatic N) is 1. The van der Waals surface area contributed by atoms with Crippen molar-refractivity contribution in [1.82, 2.24) is 4.98 Å². The van der Waals surface area contributed by atoms with Crippen molar-refractivity contribution in [2.45, 2.75) is 22.8 Å². The van der Waals surface area contributed by atoms with E-state index in [-0.39, 0.29) is 0 Å². The van der Waals surface area contributed by atoms with Gasteiger partial charge in [0.25, 0.3) is 0 Å². The minimum absolute atomic E-state index is 0.535. The molecule has 0 aliphatic heterocycles. The van der Waals surface area contributed by atoms with E-state index < -0.39 is 16.9 Å². The van der Waals surface area contributed by atoms with Gasteiger partial charge < -0.3 is 5.11 Å². The monoisotopic (exact) mass is 323 g/mol. The Balaban J connectivity index is 2.01. The van der Waals surface area contributed by atoms with E-state index >= 15 is 0 Å². The molecule has 0 saturated carbocycles. The van der Waals surface area contributed by atoms with Crippen LogP contribution in [0.2, 0.25) is 0 Å². The summed E-state index contributed by atoms with van der Waals surface area (Å²) >= 11 is 0. The molecule has 0 aliphatic carbocycles. The Morgan fingerprint density at radius 2 is 1.70 bits per heavy atom. The third-order valence-electron chi connectivity index (χ3n) is 3.66. The molecule has 3 aromatic rings. The molecule has 3 nitrogen and oxygen atoms in total. The molecule has 2 atom stereocenters. The van der Waals surface area contributed by atoms with Gasteiger partial charge in [-0.1, -0.05) is 48.0 Å². The van der Waals surface area contributed by atoms with Crippen molar-refractivity contribution in [2.75, 3.05) is 0 Å². The molecule has 23 heavy (non-hydrogen) atoms. The summed E-state index contributed by atoms with van der Waals surface area (Å²) in [6.45, 7) is 1.99. The van der Waals surface area contributed by atoms with E-state index in [1.165, 1.54) is 0 Å². The van der Waals surface area contributed by atoms with Gasteiger partial charge in [-0.3, -0.25) is 4.98 Å². The lowest BCUT2D eigenvalue weighted by molar-refractivity contribution is 0.217. The van der Waals surface area contributed by atoms with E-state index in [0.717, 1.165) is 11.1 Å². The van der Waals surface area contributed by atoms with Crippen molar-refractivity contribution < 1.29 is 9.32 Å². The molecule has 1 heterocycles. The highest BCUT2D eigenvalue weighted by molar-refractivity contribution is 7.85. The summed E-state index contributed by atoms with van der Waals surface area (Å²) in [6, 6.07) is 18.6. The lowest BCUT2D eigenvalue weighted by Gasteiger charge is -2.15. The second-order valence-corrected chi connectivity index (χ2v) is 6.76. The molecule has 0 saturated heterocycles. The first-order valence-electron chi connectivity index (χ1n) is 7.32. The molecule has 1 aromatic heterocycles. The fraction of sp³-hybridized carbons (Fsp3) is 0.105. The van der Waals surface area contributed by atoms with Crippen LogP contribution in [0, 0.1) is 6.92 Å². The highest BCUT2D eigenvalue weighted by Gasteiger charge is 2.19. The Morgan fingerprint density at radius 1 is 1.00 bits per heavy atom. The number of benzene rings is 2. The minimum Gasteiger partial charge on any atom is -0.384 e. The normalized spacial score (nSPS) is 13.5. The van der Waals surface area contributed by atoms with E-state index in [2.05, 4.69) is 4.98 Å². The van der Waals surface area contributed by atoms with Crippen molar-refractivity contribution in [2.24, 2.45) is 0 Å². The standard InChI is InChI=1S/C19H17NO2S/c1-14-7-9-16(10-8-14)23(22)18-13-20-12-11-17(18)19(21)15-5-3-2-4-6-15/h2-13,19,21H,1H3/t19-,23?/m1/s1. The number of aliphatic hydroxyl groups excluding tert-OH is 1. The van der Waals surface area contributed by atoms with E-state index in [0.29, 0.717) is 15.4 Å². The summed E-state index contributed by atoms with van der Waals surface area (Å²) in [5.41, 5.74) is 2.49. The average Bonchev–Trinajstić information content (AvgIpc) is 2.62. The van der Waals surface area contributed by atoms with Crippen LogP contribution >= 0.6 is 0 Å². The first-order chi connectivity index (χ1) is 11.2. The Kier molecular flexibility index (Phi) is 4.65. The van der Waals surface area contributed by atoms with Crippen LogP contribution in [0.5, 0.6) is 0 Å². The number of aryl methyl sites for hydroxylation is 1. The van der Waals surface area contributed by atoms with Crippen LogP contribution in [-0.2, 0) is 10.8 Å². The predicted octanol–water partition coefficient (Wildman–Crippen LogP) is 3.64. The van der Waals surface area contributed by atoms with Crippen molar-refractivity contribution in [1.29, 1.82) is 0 Å². The van der Waals surface area contributed by atoms with Gasteiger partial charge in [0.2, 0.25) is 0 Å². The molecule has 0 bridgehead atoms. The number of aromatic nitrogens is 1. The fourth-order valence-electron chi connectivity index (χ4n) is 2.38. The zero-order valence-electron chi connectivity index (χ0n) is 12.7. The molecule has 3 rings (SSSR count). The summed E-state index contributed by atoms with van der Waals surface area (Å²) in [6.07, 6.45) is 2.35. The molecule has 0 radical (unpaired) electrons. The summed E-state index contributed by atoms with van der Waals surface area (Å²) in [5.74, 6) is 0. The van der Waals surface area contributed by atoms with Gasteiger partial charge in [0.1, 0.15) is 6.10 Å². The minimum atomic E-state index is -1.38. The molecule has 0 aliphatic rings. The Bertz CT molecular complexity index is 816. The van der Waals surface area contributed by atoms with Crippen molar-refractivity contribution in [3.05, 3.63) is 89.7 Å². The predicted molar refractivity (Wildman–Crippen MR) is 90.6 cm³/mol. The smallest absolute Gasteiger partial charge is 0.105 e. The van der Waals surface area contributed by atoms with Gasteiger partial charge in [0.05, 0.1) is 15.7 Å². The molecule has 0 spiro atoms. The molecule has 1 unspecified atom stereocenters. The molecular weight excluding hydrogens is 306 g/mol. The van der Waals surface area contributed by atoms with Crippen molar-refractivity contribution in [3.8, 4) is 0 Å². The largest absolute Gasteiger partial charge is 0.384 e. The lowest BCUT2D eigenvalue weighted by Crippen LogP contribution is -2.06. The van der Waals surface area contributed by atoms with Crippen LogP contribution in [0.25, 0.3) is 0 Å². The van der Waals surface area contributed by atoms with Crippen LogP contribution in [0.15, 0.2) is 82.8 Å². The highest BCUT2D eigenvalue weighted by atomic mass is 32.2. The zero-order chi connectivity index (χ0) is 16.2. The fourth-order valence-corrected chi connectivity index (χ4v) is 3.56. The number of pyridine rings is 1. The molecule has 0 amide bonds. The van der Waals surface area contributed by atoms with Crippen LogP contribution in [-0.4, -0.2) is 14.3 Å². The van der Waals surface area contributed by atoms with Crippen LogP contribution in [0.3, 0.4) is 0 Å². The number of hydrogen-bond acceptors (Lipinski definition) is 3. The molecule has 0 fully saturated rings. The van der Waals surface area contributed by atoms with Gasteiger partial charge in [0, 0.05) is 22.9 Å². The maximum atomic E-state index is 12.9. The summed E-state index contributed by atoms with van der Waals surface area (Å²) < 4.78 is 12.9. The first kappa shape index (κ1) is 15.6. The van der Waals surface area contributed by atoms with Gasteiger partial charge in [-0.25, -0.2) is 4.21 Å². The summed E-state index contributed by atoms with van der Waals surface area (Å²) in [7, 11) is -1.38. The number of hydrogen-bond donors (Lipinski definition) is 1. The zero-order valence-corrected chi connectivity index (χ0v) is 13.5. The second-order valence-electron chi connectivity index (χ2n) is 5.31. The van der Waals surface area contributed by atoms with Crippen LogP contribution in [0.4, 0.5) is 0 Å². The molecule has 116 valence electrons. The number of aliphatic hydroxyl groups is 1. The second kappa shape index (κ2) is 6.86. The Hall–Kier alpha value is -2.30. The quantitative estimate of drug-likeness (QED) is 0.797. The van der Waals surface area contributed by atoms with Gasteiger partial charge in [-0.2, -0.15) is 0 Å². The third kappa shape index (κ3) is 3.38. The highest BCUT2D eigenvalue weighted by Crippen LogP contribution is 2.28. The van der Waals surface area contributed by atoms with Crippen LogP contribution < -0.4 is 0 Å². The third-order valence-corrected chi connectivity index (χ3v) is 5.10. The van der Waals surface area contributed by atoms with E-state index in [1.54, 1.807) is 18.5 Å². The van der Waals surface area contributed by atoms with Crippen molar-refractivity contribution >= 4 is 10.8 Å². The molecular formula is C19H17NO2S. The maximum absolute atomic E-state index is 12.9. The van der Waals surface area contributed by atoms with E-state index in [1.807, 2.05) is 61.5 Å². The Morgan fingerprint density at radius 3 is 2.39 bits per heavy atom. The summed E-state index contributed by atoms with van der Waals surface area (Å²) in [5, 5.41) is 10.7. The topological polar surface area (TPSA) is 50.2 Å². The van der Waals surface area contributed by atoms with Gasteiger partial charge in [-0.05, 0) is 30.7 Å². The van der Waals surface area contributed by atoms with Crippen LogP contribution in [0.1, 0.15) is 22.8 Å². The van der Waals surface area contributed by atoms with E-state index in [4.69, 9.17) is 0 Å².